The molecule has 23 heavy (non-hydrogen) atoms. The number of nitriles is 1. The molecule has 0 atom stereocenters. The smallest absolute Gasteiger partial charge is 0.292 e. The highest BCUT2D eigenvalue weighted by molar-refractivity contribution is 5.76. The van der Waals surface area contributed by atoms with Crippen LogP contribution in [0.5, 0.6) is 0 Å². The molecule has 0 bridgehead atoms. The minimum absolute atomic E-state index is 0.0669. The van der Waals surface area contributed by atoms with Crippen molar-refractivity contribution in [2.75, 3.05) is 5.32 Å². The van der Waals surface area contributed by atoms with Gasteiger partial charge in [-0.2, -0.15) is 5.26 Å². The lowest BCUT2D eigenvalue weighted by Gasteiger charge is -2.07. The second-order valence-electron chi connectivity index (χ2n) is 5.03. The van der Waals surface area contributed by atoms with E-state index < -0.39 is 4.92 Å². The van der Waals surface area contributed by atoms with Crippen LogP contribution >= 0.6 is 0 Å². The van der Waals surface area contributed by atoms with Crippen LogP contribution in [0.2, 0.25) is 0 Å². The molecular formula is C16H13N5O2. The average Bonchev–Trinajstić information content (AvgIpc) is 2.89. The Labute approximate surface area is 131 Å². The number of aromatic nitrogens is 2. The van der Waals surface area contributed by atoms with Crippen LogP contribution in [0.4, 0.5) is 11.4 Å². The van der Waals surface area contributed by atoms with Crippen LogP contribution in [0.25, 0.3) is 11.0 Å². The normalized spacial score (nSPS) is 10.4. The molecule has 3 aromatic rings. The molecule has 0 radical (unpaired) electrons. The number of para-hydroxylation sites is 2. The van der Waals surface area contributed by atoms with E-state index in [-0.39, 0.29) is 5.69 Å². The van der Waals surface area contributed by atoms with E-state index in [0.29, 0.717) is 17.8 Å². The number of aryl methyl sites for hydroxylation is 1. The Balaban J connectivity index is 1.91. The minimum atomic E-state index is -0.474. The molecule has 0 fully saturated rings. The van der Waals surface area contributed by atoms with Crippen molar-refractivity contribution < 1.29 is 4.92 Å². The maximum absolute atomic E-state index is 11.1. The highest BCUT2D eigenvalue weighted by Crippen LogP contribution is 2.26. The van der Waals surface area contributed by atoms with Gasteiger partial charge in [0.25, 0.3) is 5.69 Å². The maximum Gasteiger partial charge on any atom is 0.292 e. The number of hydrogen-bond donors (Lipinski definition) is 1. The van der Waals surface area contributed by atoms with Gasteiger partial charge in [0.1, 0.15) is 11.5 Å². The minimum Gasteiger partial charge on any atom is -0.372 e. The fourth-order valence-electron chi connectivity index (χ4n) is 2.43. The van der Waals surface area contributed by atoms with Gasteiger partial charge >= 0.3 is 0 Å². The Bertz CT molecular complexity index is 939. The van der Waals surface area contributed by atoms with Crippen molar-refractivity contribution in [3.63, 3.8) is 0 Å². The van der Waals surface area contributed by atoms with Crippen LogP contribution in [0.1, 0.15) is 11.4 Å². The number of hydrogen-bond acceptors (Lipinski definition) is 5. The molecule has 0 aliphatic carbocycles. The summed E-state index contributed by atoms with van der Waals surface area (Å²) in [5, 5.41) is 23.1. The van der Waals surface area contributed by atoms with Crippen LogP contribution in [-0.2, 0) is 13.6 Å². The number of nitrogens with one attached hydrogen (secondary N) is 1. The Kier molecular flexibility index (Phi) is 3.65. The first-order valence-electron chi connectivity index (χ1n) is 6.93. The van der Waals surface area contributed by atoms with E-state index in [1.54, 1.807) is 0 Å². The van der Waals surface area contributed by atoms with Gasteiger partial charge in [-0.15, -0.1) is 0 Å². The van der Waals surface area contributed by atoms with Crippen molar-refractivity contribution in [2.24, 2.45) is 7.05 Å². The number of nitro benzene ring substituents is 1. The first-order valence-corrected chi connectivity index (χ1v) is 6.93. The third-order valence-electron chi connectivity index (χ3n) is 3.64. The van der Waals surface area contributed by atoms with E-state index in [9.17, 15) is 10.1 Å². The summed E-state index contributed by atoms with van der Waals surface area (Å²) in [5.41, 5.74) is 2.46. The third kappa shape index (κ3) is 2.70. The molecule has 0 saturated heterocycles. The van der Waals surface area contributed by atoms with Crippen molar-refractivity contribution in [3.8, 4) is 6.07 Å². The number of rotatable bonds is 4. The molecule has 7 nitrogen and oxygen atoms in total. The Morgan fingerprint density at radius 3 is 2.83 bits per heavy atom. The maximum atomic E-state index is 11.1. The quantitative estimate of drug-likeness (QED) is 0.590. The van der Waals surface area contributed by atoms with Crippen LogP contribution in [-0.4, -0.2) is 14.5 Å². The van der Waals surface area contributed by atoms with E-state index in [2.05, 4.69) is 10.3 Å². The van der Waals surface area contributed by atoms with Gasteiger partial charge in [-0.05, 0) is 24.3 Å². The highest BCUT2D eigenvalue weighted by atomic mass is 16.6. The average molecular weight is 307 g/mol. The molecule has 0 unspecified atom stereocenters. The number of imidazole rings is 1. The van der Waals surface area contributed by atoms with Gasteiger partial charge < -0.3 is 9.88 Å². The fraction of sp³-hybridized carbons (Fsp3) is 0.125. The molecule has 0 amide bonds. The lowest BCUT2D eigenvalue weighted by molar-refractivity contribution is -0.384. The van der Waals surface area contributed by atoms with Crippen LogP contribution in [0.15, 0.2) is 42.5 Å². The van der Waals surface area contributed by atoms with Crippen LogP contribution < -0.4 is 5.32 Å². The summed E-state index contributed by atoms with van der Waals surface area (Å²) in [6.07, 6.45) is 0. The zero-order valence-corrected chi connectivity index (χ0v) is 12.4. The summed E-state index contributed by atoms with van der Waals surface area (Å²) in [6.45, 7) is 0.320. The van der Waals surface area contributed by atoms with Gasteiger partial charge in [-0.3, -0.25) is 10.1 Å². The lowest BCUT2D eigenvalue weighted by atomic mass is 10.2. The zero-order chi connectivity index (χ0) is 16.4. The molecule has 1 N–H and O–H groups in total. The van der Waals surface area contributed by atoms with E-state index >= 15 is 0 Å². The Hall–Kier alpha value is -3.40. The summed E-state index contributed by atoms with van der Waals surface area (Å²) >= 11 is 0. The molecule has 2 aromatic carbocycles. The molecule has 0 saturated carbocycles. The summed E-state index contributed by atoms with van der Waals surface area (Å²) in [4.78, 5) is 15.1. The van der Waals surface area contributed by atoms with Gasteiger partial charge in [0.2, 0.25) is 0 Å². The first kappa shape index (κ1) is 14.5. The van der Waals surface area contributed by atoms with Crippen LogP contribution in [0, 0.1) is 21.4 Å². The molecule has 7 heteroatoms. The van der Waals surface area contributed by atoms with Gasteiger partial charge in [0.15, 0.2) is 0 Å². The topological polar surface area (TPSA) is 96.8 Å². The van der Waals surface area contributed by atoms with Crippen molar-refractivity contribution in [3.05, 3.63) is 64.0 Å². The molecule has 1 heterocycles. The summed E-state index contributed by atoms with van der Waals surface area (Å²) in [7, 11) is 1.90. The van der Waals surface area contributed by atoms with E-state index in [0.717, 1.165) is 16.9 Å². The number of anilines is 1. The predicted octanol–water partition coefficient (Wildman–Crippen LogP) is 2.97. The lowest BCUT2D eigenvalue weighted by Crippen LogP contribution is -2.07. The van der Waals surface area contributed by atoms with Crippen molar-refractivity contribution >= 4 is 22.4 Å². The largest absolute Gasteiger partial charge is 0.372 e. The second-order valence-corrected chi connectivity index (χ2v) is 5.03. The molecule has 0 aliphatic heterocycles. The van der Waals surface area contributed by atoms with Crippen molar-refractivity contribution in [2.45, 2.75) is 6.54 Å². The number of nitrogens with zero attached hydrogens (tertiary/aromatic N) is 4. The number of nitro groups is 1. The number of fused-ring (bicyclic) bond motifs is 1. The number of benzene rings is 2. The summed E-state index contributed by atoms with van der Waals surface area (Å²) in [5.74, 6) is 0.753. The van der Waals surface area contributed by atoms with Crippen molar-refractivity contribution in [1.82, 2.24) is 9.55 Å². The molecular weight excluding hydrogens is 294 g/mol. The second kappa shape index (κ2) is 5.77. The van der Waals surface area contributed by atoms with Gasteiger partial charge in [0.05, 0.1) is 34.1 Å². The van der Waals surface area contributed by atoms with Gasteiger partial charge in [-0.1, -0.05) is 12.1 Å². The monoisotopic (exact) mass is 307 g/mol. The van der Waals surface area contributed by atoms with E-state index in [1.165, 1.54) is 18.2 Å². The third-order valence-corrected chi connectivity index (χ3v) is 3.64. The molecule has 114 valence electrons. The highest BCUT2D eigenvalue weighted by Gasteiger charge is 2.15. The zero-order valence-electron chi connectivity index (χ0n) is 12.4. The Morgan fingerprint density at radius 2 is 2.13 bits per heavy atom. The Morgan fingerprint density at radius 1 is 1.35 bits per heavy atom. The standard InChI is InChI=1S/C16H13N5O2/c1-20-14-5-3-2-4-12(14)19-16(20)10-18-13-8-11(9-17)6-7-15(13)21(22)23/h2-8,18H,10H2,1H3. The van der Waals surface area contributed by atoms with E-state index in [4.69, 9.17) is 5.26 Å². The summed E-state index contributed by atoms with van der Waals surface area (Å²) < 4.78 is 1.93. The van der Waals surface area contributed by atoms with E-state index in [1.807, 2.05) is 41.9 Å². The summed E-state index contributed by atoms with van der Waals surface area (Å²) in [6, 6.07) is 13.9. The van der Waals surface area contributed by atoms with Gasteiger partial charge in [0, 0.05) is 13.1 Å². The van der Waals surface area contributed by atoms with Crippen LogP contribution in [0.3, 0.4) is 0 Å². The van der Waals surface area contributed by atoms with Crippen molar-refractivity contribution in [1.29, 1.82) is 5.26 Å². The van der Waals surface area contributed by atoms with Gasteiger partial charge in [-0.25, -0.2) is 4.98 Å². The molecule has 0 spiro atoms. The molecule has 0 aliphatic rings. The molecule has 3 rings (SSSR count). The fourth-order valence-corrected chi connectivity index (χ4v) is 2.43. The molecule has 1 aromatic heterocycles. The first-order chi connectivity index (χ1) is 11.1. The predicted molar refractivity (Wildman–Crippen MR) is 85.9 cm³/mol. The SMILES string of the molecule is Cn1c(CNc2cc(C#N)ccc2[N+](=O)[O-])nc2ccccc21.